The van der Waals surface area contributed by atoms with E-state index in [1.54, 1.807) is 4.90 Å². The van der Waals surface area contributed by atoms with Crippen LogP contribution in [0.3, 0.4) is 0 Å². The fraction of sp³-hybridized carbons (Fsp3) is 0.600. The Bertz CT molecular complexity index is 365. The lowest BCUT2D eigenvalue weighted by Crippen LogP contribution is -2.29. The molecule has 1 amide bonds. The van der Waals surface area contributed by atoms with Crippen LogP contribution in [0.5, 0.6) is 0 Å². The first-order valence-corrected chi connectivity index (χ1v) is 6.02. The molecule has 90 valence electrons. The number of rotatable bonds is 4. The van der Waals surface area contributed by atoms with Gasteiger partial charge >= 0.3 is 0 Å². The third kappa shape index (κ3) is 2.93. The number of hydrogen-bond donors (Lipinski definition) is 1. The standard InChI is InChI=1S/C10H15N3OS.ClH/c1-13(7-2-3-7)10(14)8-6-15-9(12-8)4-5-11;/h6-7H,2-5,11H2,1H3;1H. The van der Waals surface area contributed by atoms with Gasteiger partial charge in [0.05, 0.1) is 5.01 Å². The van der Waals surface area contributed by atoms with Crippen LogP contribution in [-0.2, 0) is 6.42 Å². The van der Waals surface area contributed by atoms with Crippen LogP contribution >= 0.6 is 23.7 Å². The van der Waals surface area contributed by atoms with Gasteiger partial charge in [0.2, 0.25) is 0 Å². The van der Waals surface area contributed by atoms with Gasteiger partial charge in [-0.3, -0.25) is 4.79 Å². The van der Waals surface area contributed by atoms with Crippen molar-refractivity contribution in [1.82, 2.24) is 9.88 Å². The molecule has 4 nitrogen and oxygen atoms in total. The molecule has 0 spiro atoms. The molecule has 0 saturated heterocycles. The molecule has 2 N–H and O–H groups in total. The van der Waals surface area contributed by atoms with Gasteiger partial charge in [-0.15, -0.1) is 23.7 Å². The summed E-state index contributed by atoms with van der Waals surface area (Å²) < 4.78 is 0. The molecule has 1 fully saturated rings. The van der Waals surface area contributed by atoms with Crippen molar-refractivity contribution in [2.45, 2.75) is 25.3 Å². The Morgan fingerprint density at radius 3 is 2.94 bits per heavy atom. The number of nitrogens with zero attached hydrogens (tertiary/aromatic N) is 2. The third-order valence-electron chi connectivity index (χ3n) is 2.54. The Morgan fingerprint density at radius 1 is 1.69 bits per heavy atom. The monoisotopic (exact) mass is 261 g/mol. The summed E-state index contributed by atoms with van der Waals surface area (Å²) in [6, 6.07) is 0.442. The number of carbonyl (C=O) groups excluding carboxylic acids is 1. The Morgan fingerprint density at radius 2 is 2.38 bits per heavy atom. The van der Waals surface area contributed by atoms with Gasteiger partial charge < -0.3 is 10.6 Å². The van der Waals surface area contributed by atoms with Crippen LogP contribution in [0.25, 0.3) is 0 Å². The molecule has 0 radical (unpaired) electrons. The maximum absolute atomic E-state index is 11.9. The summed E-state index contributed by atoms with van der Waals surface area (Å²) in [5.41, 5.74) is 6.00. The molecular formula is C10H16ClN3OS. The minimum Gasteiger partial charge on any atom is -0.337 e. The highest BCUT2D eigenvalue weighted by atomic mass is 35.5. The highest BCUT2D eigenvalue weighted by molar-refractivity contribution is 7.09. The van der Waals surface area contributed by atoms with E-state index in [0.29, 0.717) is 18.3 Å². The van der Waals surface area contributed by atoms with Gasteiger partial charge in [-0.2, -0.15) is 0 Å². The number of carbonyl (C=O) groups is 1. The molecule has 1 aliphatic carbocycles. The summed E-state index contributed by atoms with van der Waals surface area (Å²) in [6.07, 6.45) is 3.01. The second-order valence-corrected chi connectivity index (χ2v) is 4.76. The maximum Gasteiger partial charge on any atom is 0.273 e. The van der Waals surface area contributed by atoms with Crippen molar-refractivity contribution in [1.29, 1.82) is 0 Å². The van der Waals surface area contributed by atoms with E-state index in [-0.39, 0.29) is 18.3 Å². The average molecular weight is 262 g/mol. The Labute approximate surface area is 105 Å². The number of amides is 1. The lowest BCUT2D eigenvalue weighted by atomic mass is 10.4. The summed E-state index contributed by atoms with van der Waals surface area (Å²) in [6.45, 7) is 0.583. The number of halogens is 1. The van der Waals surface area contributed by atoms with Crippen molar-refractivity contribution in [2.24, 2.45) is 5.73 Å². The Hall–Kier alpha value is -0.650. The summed E-state index contributed by atoms with van der Waals surface area (Å²) in [5.74, 6) is 0.0389. The molecule has 1 saturated carbocycles. The molecule has 0 aliphatic heterocycles. The lowest BCUT2D eigenvalue weighted by molar-refractivity contribution is 0.0780. The fourth-order valence-corrected chi connectivity index (χ4v) is 2.24. The Balaban J connectivity index is 0.00000128. The summed E-state index contributed by atoms with van der Waals surface area (Å²) in [4.78, 5) is 18.0. The van der Waals surface area contributed by atoms with Crippen LogP contribution in [0.4, 0.5) is 0 Å². The predicted molar refractivity (Wildman–Crippen MR) is 67.2 cm³/mol. The molecule has 2 rings (SSSR count). The highest BCUT2D eigenvalue weighted by Gasteiger charge is 2.30. The maximum atomic E-state index is 11.9. The molecule has 0 unspecified atom stereocenters. The predicted octanol–water partition coefficient (Wildman–Crippen LogP) is 1.30. The SMILES string of the molecule is CN(C(=O)c1csc(CCN)n1)C1CC1.Cl. The van der Waals surface area contributed by atoms with E-state index in [1.165, 1.54) is 11.3 Å². The first-order valence-electron chi connectivity index (χ1n) is 5.14. The second-order valence-electron chi connectivity index (χ2n) is 3.81. The topological polar surface area (TPSA) is 59.2 Å². The number of aromatic nitrogens is 1. The van der Waals surface area contributed by atoms with Crippen molar-refractivity contribution >= 4 is 29.7 Å². The fourth-order valence-electron chi connectivity index (χ4n) is 1.46. The average Bonchev–Trinajstić information content (AvgIpc) is 2.98. The van der Waals surface area contributed by atoms with E-state index in [0.717, 1.165) is 24.3 Å². The van der Waals surface area contributed by atoms with E-state index in [1.807, 2.05) is 12.4 Å². The smallest absolute Gasteiger partial charge is 0.273 e. The molecule has 0 atom stereocenters. The van der Waals surface area contributed by atoms with E-state index in [4.69, 9.17) is 5.73 Å². The van der Waals surface area contributed by atoms with Gasteiger partial charge in [-0.1, -0.05) is 0 Å². The zero-order valence-electron chi connectivity index (χ0n) is 9.18. The van der Waals surface area contributed by atoms with Crippen LogP contribution in [0.2, 0.25) is 0 Å². The minimum atomic E-state index is 0. The van der Waals surface area contributed by atoms with Crippen molar-refractivity contribution in [2.75, 3.05) is 13.6 Å². The summed E-state index contributed by atoms with van der Waals surface area (Å²) >= 11 is 1.51. The van der Waals surface area contributed by atoms with E-state index in [2.05, 4.69) is 4.98 Å². The van der Waals surface area contributed by atoms with Gasteiger partial charge in [0.25, 0.3) is 5.91 Å². The highest BCUT2D eigenvalue weighted by Crippen LogP contribution is 2.26. The zero-order valence-corrected chi connectivity index (χ0v) is 10.8. The molecule has 1 aromatic rings. The molecule has 0 bridgehead atoms. The van der Waals surface area contributed by atoms with E-state index >= 15 is 0 Å². The molecule has 1 heterocycles. The third-order valence-corrected chi connectivity index (χ3v) is 3.45. The van der Waals surface area contributed by atoms with Crippen molar-refractivity contribution < 1.29 is 4.79 Å². The van der Waals surface area contributed by atoms with Crippen LogP contribution < -0.4 is 5.73 Å². The van der Waals surface area contributed by atoms with Crippen molar-refractivity contribution in [3.8, 4) is 0 Å². The molecule has 6 heteroatoms. The number of nitrogens with two attached hydrogens (primary N) is 1. The van der Waals surface area contributed by atoms with Crippen LogP contribution in [0.15, 0.2) is 5.38 Å². The van der Waals surface area contributed by atoms with Crippen molar-refractivity contribution in [3.05, 3.63) is 16.1 Å². The summed E-state index contributed by atoms with van der Waals surface area (Å²) in [5, 5.41) is 2.77. The normalized spacial score (nSPS) is 14.4. The Kier molecular flexibility index (Phi) is 4.70. The van der Waals surface area contributed by atoms with Gasteiger partial charge in [-0.05, 0) is 19.4 Å². The van der Waals surface area contributed by atoms with Gasteiger partial charge in [-0.25, -0.2) is 4.98 Å². The molecule has 0 aromatic carbocycles. The van der Waals surface area contributed by atoms with Crippen LogP contribution in [-0.4, -0.2) is 35.4 Å². The molecule has 1 aliphatic rings. The number of hydrogen-bond acceptors (Lipinski definition) is 4. The lowest BCUT2D eigenvalue weighted by Gasteiger charge is -2.13. The van der Waals surface area contributed by atoms with Gasteiger partial charge in [0, 0.05) is 24.9 Å². The van der Waals surface area contributed by atoms with Crippen molar-refractivity contribution in [3.63, 3.8) is 0 Å². The zero-order chi connectivity index (χ0) is 10.8. The molecule has 16 heavy (non-hydrogen) atoms. The van der Waals surface area contributed by atoms with E-state index < -0.39 is 0 Å². The number of thiazole rings is 1. The van der Waals surface area contributed by atoms with Gasteiger partial charge in [0.15, 0.2) is 0 Å². The minimum absolute atomic E-state index is 0. The molecule has 1 aromatic heterocycles. The van der Waals surface area contributed by atoms with Crippen LogP contribution in [0.1, 0.15) is 28.3 Å². The second kappa shape index (κ2) is 5.61. The first-order chi connectivity index (χ1) is 7.22. The quantitative estimate of drug-likeness (QED) is 0.889. The van der Waals surface area contributed by atoms with Crippen LogP contribution in [0, 0.1) is 0 Å². The summed E-state index contributed by atoms with van der Waals surface area (Å²) in [7, 11) is 1.85. The molecular weight excluding hydrogens is 246 g/mol. The largest absolute Gasteiger partial charge is 0.337 e. The van der Waals surface area contributed by atoms with E-state index in [9.17, 15) is 4.79 Å². The first kappa shape index (κ1) is 13.4. The van der Waals surface area contributed by atoms with Gasteiger partial charge in [0.1, 0.15) is 5.69 Å².